The Kier molecular flexibility index (Phi) is 5.13. The highest BCUT2D eigenvalue weighted by atomic mass is 16.5. The van der Waals surface area contributed by atoms with E-state index in [9.17, 15) is 0 Å². The maximum atomic E-state index is 6.57. The quantitative estimate of drug-likeness (QED) is 0.717. The molecule has 2 heterocycles. The lowest BCUT2D eigenvalue weighted by molar-refractivity contribution is 0.161. The molecule has 5 rings (SSSR count). The second-order valence-corrected chi connectivity index (χ2v) is 9.05. The zero-order chi connectivity index (χ0) is 20.0. The highest BCUT2D eigenvalue weighted by Gasteiger charge is 2.46. The molecule has 1 fully saturated rings. The normalized spacial score (nSPS) is 34.2. The van der Waals surface area contributed by atoms with Crippen LogP contribution in [0.5, 0.6) is 0 Å². The van der Waals surface area contributed by atoms with Gasteiger partial charge < -0.3 is 4.74 Å². The van der Waals surface area contributed by atoms with Crippen molar-refractivity contribution in [1.29, 1.82) is 0 Å². The zero-order valence-corrected chi connectivity index (χ0v) is 18.1. The molecule has 2 aliphatic heterocycles. The first-order valence-electron chi connectivity index (χ1n) is 11.6. The van der Waals surface area contributed by atoms with Crippen molar-refractivity contribution in [3.05, 3.63) is 70.1 Å². The Morgan fingerprint density at radius 1 is 1.17 bits per heavy atom. The van der Waals surface area contributed by atoms with Crippen LogP contribution in [0, 0.1) is 5.92 Å². The average molecular weight is 391 g/mol. The number of fused-ring (bicyclic) bond motifs is 2. The number of rotatable bonds is 4. The van der Waals surface area contributed by atoms with Crippen LogP contribution in [0.15, 0.2) is 70.1 Å². The Labute approximate surface area is 175 Å². The second-order valence-electron chi connectivity index (χ2n) is 9.05. The van der Waals surface area contributed by atoms with Crippen molar-refractivity contribution in [2.75, 3.05) is 13.1 Å². The molecule has 29 heavy (non-hydrogen) atoms. The minimum Gasteiger partial charge on any atom is -0.485 e. The van der Waals surface area contributed by atoms with Gasteiger partial charge in [-0.25, -0.2) is 0 Å². The van der Waals surface area contributed by atoms with Crippen molar-refractivity contribution >= 4 is 0 Å². The Morgan fingerprint density at radius 2 is 2.07 bits per heavy atom. The summed E-state index contributed by atoms with van der Waals surface area (Å²) in [5, 5.41) is 3.82. The molecule has 154 valence electrons. The molecule has 0 amide bonds. The summed E-state index contributed by atoms with van der Waals surface area (Å²) >= 11 is 0. The van der Waals surface area contributed by atoms with Crippen LogP contribution in [0.2, 0.25) is 0 Å². The number of nitrogens with one attached hydrogen (secondary N) is 1. The third-order valence-corrected chi connectivity index (χ3v) is 7.32. The van der Waals surface area contributed by atoms with E-state index < -0.39 is 0 Å². The van der Waals surface area contributed by atoms with E-state index in [4.69, 9.17) is 4.74 Å². The average Bonchev–Trinajstić information content (AvgIpc) is 3.38. The van der Waals surface area contributed by atoms with Gasteiger partial charge in [-0.05, 0) is 49.7 Å². The van der Waals surface area contributed by atoms with Crippen molar-refractivity contribution in [3.8, 4) is 0 Å². The molecule has 3 aliphatic carbocycles. The molecule has 3 heteroatoms. The van der Waals surface area contributed by atoms with Gasteiger partial charge in [-0.2, -0.15) is 0 Å². The number of nitrogens with zero attached hydrogens (tertiary/aromatic N) is 1. The minimum atomic E-state index is 0.214. The van der Waals surface area contributed by atoms with Gasteiger partial charge in [0.25, 0.3) is 0 Å². The van der Waals surface area contributed by atoms with Crippen molar-refractivity contribution in [2.45, 2.75) is 71.2 Å². The topological polar surface area (TPSA) is 24.5 Å². The van der Waals surface area contributed by atoms with Crippen LogP contribution in [0.25, 0.3) is 0 Å². The van der Waals surface area contributed by atoms with Crippen LogP contribution in [0.3, 0.4) is 0 Å². The molecule has 0 saturated carbocycles. The van der Waals surface area contributed by atoms with Crippen LogP contribution < -0.4 is 5.32 Å². The third-order valence-electron chi connectivity index (χ3n) is 7.32. The van der Waals surface area contributed by atoms with Crippen LogP contribution in [0.1, 0.15) is 52.9 Å². The highest BCUT2D eigenvalue weighted by Crippen LogP contribution is 2.48. The molecule has 3 nitrogen and oxygen atoms in total. The SMILES string of the molecule is CCC1=CC(CC)C(N2CCNC2C2=CC=C(C)CC2)C2=C1OC1CC=CC=C21. The molecule has 0 radical (unpaired) electrons. The Bertz CT molecular complexity index is 869. The maximum Gasteiger partial charge on any atom is 0.128 e. The van der Waals surface area contributed by atoms with E-state index in [1.807, 2.05) is 0 Å². The van der Waals surface area contributed by atoms with Gasteiger partial charge in [0.05, 0.1) is 6.17 Å². The molecular formula is C26H34N2O. The van der Waals surface area contributed by atoms with Gasteiger partial charge in [-0.1, -0.05) is 55.9 Å². The first-order valence-corrected chi connectivity index (χ1v) is 11.6. The summed E-state index contributed by atoms with van der Waals surface area (Å²) in [4.78, 5) is 2.75. The van der Waals surface area contributed by atoms with Gasteiger partial charge in [-0.3, -0.25) is 10.2 Å². The van der Waals surface area contributed by atoms with Crippen molar-refractivity contribution in [3.63, 3.8) is 0 Å². The van der Waals surface area contributed by atoms with Gasteiger partial charge >= 0.3 is 0 Å². The molecule has 0 spiro atoms. The molecule has 4 atom stereocenters. The smallest absolute Gasteiger partial charge is 0.128 e. The predicted octanol–water partition coefficient (Wildman–Crippen LogP) is 5.17. The van der Waals surface area contributed by atoms with Gasteiger partial charge in [0.1, 0.15) is 11.9 Å². The molecule has 0 aromatic carbocycles. The Morgan fingerprint density at radius 3 is 2.83 bits per heavy atom. The zero-order valence-electron chi connectivity index (χ0n) is 18.1. The summed E-state index contributed by atoms with van der Waals surface area (Å²) in [6.07, 6.45) is 20.1. The molecule has 5 aliphatic rings. The minimum absolute atomic E-state index is 0.214. The Hall–Kier alpha value is -1.84. The van der Waals surface area contributed by atoms with Crippen LogP contribution in [0.4, 0.5) is 0 Å². The molecule has 0 aromatic heterocycles. The van der Waals surface area contributed by atoms with Gasteiger partial charge in [0, 0.05) is 36.7 Å². The van der Waals surface area contributed by atoms with Gasteiger partial charge in [0.15, 0.2) is 0 Å². The highest BCUT2D eigenvalue weighted by molar-refractivity contribution is 5.56. The fourth-order valence-electron chi connectivity index (χ4n) is 5.75. The fraction of sp³-hybridized carbons (Fsp3) is 0.538. The van der Waals surface area contributed by atoms with E-state index in [0.29, 0.717) is 18.1 Å². The molecule has 0 aromatic rings. The molecule has 1 saturated heterocycles. The number of hydrogen-bond donors (Lipinski definition) is 1. The monoisotopic (exact) mass is 390 g/mol. The summed E-state index contributed by atoms with van der Waals surface area (Å²) in [5.41, 5.74) is 7.38. The summed E-state index contributed by atoms with van der Waals surface area (Å²) in [6, 6.07) is 0.404. The lowest BCUT2D eigenvalue weighted by Gasteiger charge is -2.41. The predicted molar refractivity (Wildman–Crippen MR) is 119 cm³/mol. The lowest BCUT2D eigenvalue weighted by Crippen LogP contribution is -2.49. The van der Waals surface area contributed by atoms with Crippen LogP contribution >= 0.6 is 0 Å². The molecule has 0 bridgehead atoms. The summed E-state index contributed by atoms with van der Waals surface area (Å²) < 4.78 is 6.57. The van der Waals surface area contributed by atoms with E-state index >= 15 is 0 Å². The summed E-state index contributed by atoms with van der Waals surface area (Å²) in [7, 11) is 0. The number of hydrogen-bond acceptors (Lipinski definition) is 3. The van der Waals surface area contributed by atoms with Crippen LogP contribution in [-0.4, -0.2) is 36.3 Å². The van der Waals surface area contributed by atoms with Crippen molar-refractivity contribution in [2.24, 2.45) is 5.92 Å². The van der Waals surface area contributed by atoms with Crippen LogP contribution in [-0.2, 0) is 4.74 Å². The Balaban J connectivity index is 1.56. The summed E-state index contributed by atoms with van der Waals surface area (Å²) in [6.45, 7) is 9.03. The fourth-order valence-corrected chi connectivity index (χ4v) is 5.75. The molecule has 1 N–H and O–H groups in total. The van der Waals surface area contributed by atoms with Gasteiger partial charge in [-0.15, -0.1) is 0 Å². The van der Waals surface area contributed by atoms with Gasteiger partial charge in [0.2, 0.25) is 0 Å². The number of ether oxygens (including phenoxy) is 1. The van der Waals surface area contributed by atoms with E-state index in [-0.39, 0.29) is 6.10 Å². The lowest BCUT2D eigenvalue weighted by atomic mass is 9.77. The second kappa shape index (κ2) is 7.77. The van der Waals surface area contributed by atoms with E-state index in [1.165, 1.54) is 47.3 Å². The maximum absolute atomic E-state index is 6.57. The largest absolute Gasteiger partial charge is 0.485 e. The third kappa shape index (κ3) is 3.19. The first-order chi connectivity index (χ1) is 14.2. The van der Waals surface area contributed by atoms with Crippen molar-refractivity contribution in [1.82, 2.24) is 10.2 Å². The number of allylic oxidation sites excluding steroid dienone is 6. The van der Waals surface area contributed by atoms with Crippen molar-refractivity contribution < 1.29 is 4.74 Å². The molecular weight excluding hydrogens is 356 g/mol. The summed E-state index contributed by atoms with van der Waals surface area (Å²) in [5.74, 6) is 1.74. The van der Waals surface area contributed by atoms with E-state index in [0.717, 1.165) is 25.9 Å². The van der Waals surface area contributed by atoms with E-state index in [1.54, 1.807) is 5.57 Å². The standard InChI is InChI=1S/C26H34N2O/c1-4-18-16-19(5-2)25-23(21-8-6-7-9-22(21)29-25)24(18)28-15-14-27-26(28)20-12-10-17(3)11-13-20/h6-8,10,12,16,18,22,24,26-27H,4-5,9,11,13-15H2,1-3H3. The van der Waals surface area contributed by atoms with E-state index in [2.05, 4.69) is 67.4 Å². The first kappa shape index (κ1) is 19.1. The molecule has 4 unspecified atom stereocenters.